The molecular formula is C12H19ClN6S. The molecule has 8 heteroatoms. The smallest absolute Gasteiger partial charge is 0.180 e. The van der Waals surface area contributed by atoms with E-state index in [1.165, 1.54) is 17.7 Å². The molecule has 1 aliphatic rings. The lowest BCUT2D eigenvalue weighted by molar-refractivity contribution is 0.165. The predicted molar refractivity (Wildman–Crippen MR) is 81.8 cm³/mol. The van der Waals surface area contributed by atoms with Crippen molar-refractivity contribution in [1.29, 1.82) is 0 Å². The van der Waals surface area contributed by atoms with Crippen LogP contribution in [0.4, 0.5) is 5.13 Å². The molecule has 1 aliphatic heterocycles. The average Bonchev–Trinajstić information content (AvgIpc) is 3.04. The fourth-order valence-corrected chi connectivity index (χ4v) is 3.26. The van der Waals surface area contributed by atoms with E-state index in [2.05, 4.69) is 20.0 Å². The van der Waals surface area contributed by atoms with Crippen LogP contribution in [-0.2, 0) is 13.1 Å². The van der Waals surface area contributed by atoms with Gasteiger partial charge in [0.2, 0.25) is 0 Å². The first-order chi connectivity index (χ1) is 9.29. The van der Waals surface area contributed by atoms with Crippen molar-refractivity contribution in [3.05, 3.63) is 23.7 Å². The lowest BCUT2D eigenvalue weighted by atomic mass is 9.97. The van der Waals surface area contributed by atoms with E-state index in [1.807, 2.05) is 10.9 Å². The quantitative estimate of drug-likeness (QED) is 0.929. The molecule has 3 heterocycles. The monoisotopic (exact) mass is 314 g/mol. The number of thiazole rings is 1. The van der Waals surface area contributed by atoms with Crippen LogP contribution in [0, 0.1) is 5.92 Å². The number of piperidine rings is 1. The second kappa shape index (κ2) is 7.01. The molecule has 0 spiro atoms. The van der Waals surface area contributed by atoms with Gasteiger partial charge in [0.25, 0.3) is 0 Å². The number of likely N-dealkylation sites (tertiary alicyclic amines) is 1. The molecule has 110 valence electrons. The van der Waals surface area contributed by atoms with Crippen molar-refractivity contribution in [3.63, 3.8) is 0 Å². The molecule has 0 aromatic carbocycles. The van der Waals surface area contributed by atoms with E-state index in [9.17, 15) is 0 Å². The summed E-state index contributed by atoms with van der Waals surface area (Å²) in [6, 6.07) is 0. The molecule has 1 saturated heterocycles. The zero-order valence-electron chi connectivity index (χ0n) is 11.2. The maximum Gasteiger partial charge on any atom is 0.180 e. The molecule has 0 atom stereocenters. The minimum Gasteiger partial charge on any atom is -0.375 e. The molecule has 0 saturated carbocycles. The van der Waals surface area contributed by atoms with Gasteiger partial charge < -0.3 is 5.73 Å². The van der Waals surface area contributed by atoms with Crippen molar-refractivity contribution in [2.24, 2.45) is 5.92 Å². The van der Waals surface area contributed by atoms with Crippen LogP contribution < -0.4 is 5.73 Å². The number of nitrogen functional groups attached to an aromatic ring is 1. The first-order valence-electron chi connectivity index (χ1n) is 6.54. The van der Waals surface area contributed by atoms with Gasteiger partial charge in [0.05, 0.1) is 0 Å². The highest BCUT2D eigenvalue weighted by atomic mass is 35.5. The Morgan fingerprint density at radius 3 is 2.75 bits per heavy atom. The number of anilines is 1. The zero-order valence-corrected chi connectivity index (χ0v) is 12.8. The normalized spacial score (nSPS) is 17.0. The molecule has 0 amide bonds. The zero-order chi connectivity index (χ0) is 13.1. The lowest BCUT2D eigenvalue weighted by Gasteiger charge is -2.31. The largest absolute Gasteiger partial charge is 0.375 e. The Bertz CT molecular complexity index is 506. The van der Waals surface area contributed by atoms with Crippen molar-refractivity contribution in [2.45, 2.75) is 25.9 Å². The van der Waals surface area contributed by atoms with Gasteiger partial charge in [0.1, 0.15) is 12.7 Å². The summed E-state index contributed by atoms with van der Waals surface area (Å²) in [6.45, 7) is 4.24. The van der Waals surface area contributed by atoms with Gasteiger partial charge in [0.15, 0.2) is 5.13 Å². The van der Waals surface area contributed by atoms with Crippen molar-refractivity contribution in [2.75, 3.05) is 18.8 Å². The number of nitrogens with zero attached hydrogens (tertiary/aromatic N) is 5. The molecule has 0 bridgehead atoms. The maximum absolute atomic E-state index is 5.65. The number of hydrogen-bond donors (Lipinski definition) is 1. The molecule has 0 radical (unpaired) electrons. The van der Waals surface area contributed by atoms with Crippen molar-refractivity contribution >= 4 is 28.9 Å². The van der Waals surface area contributed by atoms with Crippen molar-refractivity contribution < 1.29 is 0 Å². The molecule has 1 fully saturated rings. The SMILES string of the molecule is Cl.Nc1ncc(CN2CCC(Cn3cncn3)CC2)s1. The van der Waals surface area contributed by atoms with Crippen LogP contribution in [0.25, 0.3) is 0 Å². The van der Waals surface area contributed by atoms with E-state index in [0.29, 0.717) is 11.0 Å². The molecule has 0 unspecified atom stereocenters. The summed E-state index contributed by atoms with van der Waals surface area (Å²) in [4.78, 5) is 11.8. The second-order valence-corrected chi connectivity index (χ2v) is 6.15. The average molecular weight is 315 g/mol. The summed E-state index contributed by atoms with van der Waals surface area (Å²) in [7, 11) is 0. The highest BCUT2D eigenvalue weighted by Gasteiger charge is 2.20. The number of nitrogens with two attached hydrogens (primary N) is 1. The number of halogens is 1. The molecule has 2 N–H and O–H groups in total. The third-order valence-electron chi connectivity index (χ3n) is 3.57. The van der Waals surface area contributed by atoms with Gasteiger partial charge in [-0.3, -0.25) is 9.58 Å². The first-order valence-corrected chi connectivity index (χ1v) is 7.36. The second-order valence-electron chi connectivity index (χ2n) is 5.00. The lowest BCUT2D eigenvalue weighted by Crippen LogP contribution is -2.34. The van der Waals surface area contributed by atoms with E-state index in [4.69, 9.17) is 5.73 Å². The fourth-order valence-electron chi connectivity index (χ4n) is 2.53. The predicted octanol–water partition coefficient (Wildman–Crippen LogP) is 1.65. The summed E-state index contributed by atoms with van der Waals surface area (Å²) in [5, 5.41) is 4.83. The van der Waals surface area contributed by atoms with Crippen LogP contribution in [-0.4, -0.2) is 37.7 Å². The molecule has 3 rings (SSSR count). The topological polar surface area (TPSA) is 72.9 Å². The van der Waals surface area contributed by atoms with Gasteiger partial charge in [-0.05, 0) is 31.8 Å². The van der Waals surface area contributed by atoms with Gasteiger partial charge in [-0.1, -0.05) is 0 Å². The molecule has 2 aromatic heterocycles. The van der Waals surface area contributed by atoms with E-state index in [-0.39, 0.29) is 12.4 Å². The van der Waals surface area contributed by atoms with Crippen molar-refractivity contribution in [1.82, 2.24) is 24.6 Å². The highest BCUT2D eigenvalue weighted by molar-refractivity contribution is 7.15. The number of aromatic nitrogens is 4. The Balaban J connectivity index is 0.00000147. The molecule has 2 aromatic rings. The van der Waals surface area contributed by atoms with Crippen LogP contribution in [0.2, 0.25) is 0 Å². The van der Waals surface area contributed by atoms with Gasteiger partial charge in [0, 0.05) is 24.2 Å². The van der Waals surface area contributed by atoms with Gasteiger partial charge in [-0.2, -0.15) is 5.10 Å². The minimum atomic E-state index is 0. The van der Waals surface area contributed by atoms with E-state index in [0.717, 1.165) is 26.2 Å². The minimum absolute atomic E-state index is 0. The highest BCUT2D eigenvalue weighted by Crippen LogP contribution is 2.22. The third-order valence-corrected chi connectivity index (χ3v) is 4.38. The van der Waals surface area contributed by atoms with Crippen LogP contribution in [0.15, 0.2) is 18.9 Å². The number of hydrogen-bond acceptors (Lipinski definition) is 6. The third kappa shape index (κ3) is 3.91. The first kappa shape index (κ1) is 15.2. The summed E-state index contributed by atoms with van der Waals surface area (Å²) >= 11 is 1.59. The molecule has 20 heavy (non-hydrogen) atoms. The Hall–Kier alpha value is -1.18. The Morgan fingerprint density at radius 1 is 1.35 bits per heavy atom. The van der Waals surface area contributed by atoms with Crippen LogP contribution in [0.1, 0.15) is 17.7 Å². The fraction of sp³-hybridized carbons (Fsp3) is 0.583. The number of rotatable bonds is 4. The summed E-state index contributed by atoms with van der Waals surface area (Å²) in [5.41, 5.74) is 5.65. The van der Waals surface area contributed by atoms with Crippen LogP contribution in [0.3, 0.4) is 0 Å². The summed E-state index contributed by atoms with van der Waals surface area (Å²) in [6.07, 6.45) is 7.72. The van der Waals surface area contributed by atoms with Gasteiger partial charge >= 0.3 is 0 Å². The van der Waals surface area contributed by atoms with E-state index < -0.39 is 0 Å². The summed E-state index contributed by atoms with van der Waals surface area (Å²) < 4.78 is 1.93. The Kier molecular flexibility index (Phi) is 5.33. The standard InChI is InChI=1S/C12H18N6S.ClH/c13-12-15-5-11(19-12)7-17-3-1-10(2-4-17)6-18-9-14-8-16-18;/h5,8-10H,1-4,6-7H2,(H2,13,15);1H. The molecular weight excluding hydrogens is 296 g/mol. The van der Waals surface area contributed by atoms with E-state index >= 15 is 0 Å². The maximum atomic E-state index is 5.65. The molecule has 0 aliphatic carbocycles. The van der Waals surface area contributed by atoms with Gasteiger partial charge in [-0.25, -0.2) is 9.97 Å². The van der Waals surface area contributed by atoms with Crippen LogP contribution >= 0.6 is 23.7 Å². The Labute approximate surface area is 128 Å². The van der Waals surface area contributed by atoms with Crippen LogP contribution in [0.5, 0.6) is 0 Å². The summed E-state index contributed by atoms with van der Waals surface area (Å²) in [5.74, 6) is 0.712. The van der Waals surface area contributed by atoms with Crippen molar-refractivity contribution in [3.8, 4) is 0 Å². The van der Waals surface area contributed by atoms with Gasteiger partial charge in [-0.15, -0.1) is 23.7 Å². The Morgan fingerprint density at radius 2 is 2.15 bits per heavy atom. The molecule has 6 nitrogen and oxygen atoms in total. The van der Waals surface area contributed by atoms with E-state index in [1.54, 1.807) is 24.0 Å².